The van der Waals surface area contributed by atoms with Crippen LogP contribution < -0.4 is 5.32 Å². The van der Waals surface area contributed by atoms with Crippen LogP contribution in [0.3, 0.4) is 0 Å². The van der Waals surface area contributed by atoms with Gasteiger partial charge >= 0.3 is 5.97 Å². The van der Waals surface area contributed by atoms with E-state index in [-0.39, 0.29) is 11.6 Å². The maximum atomic E-state index is 12.0. The molecule has 0 aliphatic heterocycles. The van der Waals surface area contributed by atoms with Crippen molar-refractivity contribution in [3.05, 3.63) is 11.4 Å². The fraction of sp³-hybridized carbons (Fsp3) is 0.692. The molecule has 1 aromatic heterocycles. The minimum atomic E-state index is -1.14. The van der Waals surface area contributed by atoms with Gasteiger partial charge in [0.1, 0.15) is 6.04 Å². The number of aromatic carboxylic acids is 1. The van der Waals surface area contributed by atoms with Gasteiger partial charge in [0.05, 0.1) is 5.69 Å². The first-order valence-electron chi connectivity index (χ1n) is 6.66. The van der Waals surface area contributed by atoms with Gasteiger partial charge in [-0.05, 0) is 13.3 Å². The number of nitrogens with one attached hydrogen (secondary N) is 1. The molecule has 7 heteroatoms. The summed E-state index contributed by atoms with van der Waals surface area (Å²) in [5, 5.41) is 19.5. The molecule has 0 aliphatic carbocycles. The molecule has 1 atom stereocenters. The average molecular weight is 282 g/mol. The van der Waals surface area contributed by atoms with Crippen LogP contribution in [0.1, 0.15) is 63.3 Å². The summed E-state index contributed by atoms with van der Waals surface area (Å²) in [5.41, 5.74) is -0.131. The van der Waals surface area contributed by atoms with Gasteiger partial charge in [0.2, 0.25) is 5.91 Å². The second-order valence-corrected chi connectivity index (χ2v) is 5.75. The maximum absolute atomic E-state index is 12.0. The normalized spacial score (nSPS) is 13.1. The van der Waals surface area contributed by atoms with Crippen molar-refractivity contribution in [3.8, 4) is 0 Å². The third kappa shape index (κ3) is 3.34. The number of hydrogen-bond donors (Lipinski definition) is 2. The predicted octanol–water partition coefficient (Wildman–Crippen LogP) is 1.36. The summed E-state index contributed by atoms with van der Waals surface area (Å²) in [6.45, 7) is 9.82. The molecule has 0 aliphatic rings. The molecular formula is C13H22N4O3. The molecule has 0 aromatic carbocycles. The molecule has 0 radical (unpaired) electrons. The summed E-state index contributed by atoms with van der Waals surface area (Å²) in [4.78, 5) is 23.2. The van der Waals surface area contributed by atoms with Crippen molar-refractivity contribution < 1.29 is 14.7 Å². The Labute approximate surface area is 118 Å². The van der Waals surface area contributed by atoms with Crippen LogP contribution in [0.25, 0.3) is 0 Å². The molecule has 112 valence electrons. The summed E-state index contributed by atoms with van der Waals surface area (Å²) >= 11 is 0. The van der Waals surface area contributed by atoms with Crippen molar-refractivity contribution in [2.75, 3.05) is 6.54 Å². The number of carbonyl (C=O) groups excluding carboxylic acids is 1. The molecule has 0 bridgehead atoms. The van der Waals surface area contributed by atoms with Crippen LogP contribution in [0.15, 0.2) is 0 Å². The highest BCUT2D eigenvalue weighted by molar-refractivity contribution is 5.87. The lowest BCUT2D eigenvalue weighted by Gasteiger charge is -2.23. The Bertz CT molecular complexity index is 502. The molecule has 1 unspecified atom stereocenters. The summed E-state index contributed by atoms with van der Waals surface area (Å²) in [7, 11) is 0. The minimum absolute atomic E-state index is 0.104. The van der Waals surface area contributed by atoms with Gasteiger partial charge in [-0.3, -0.25) is 4.79 Å². The number of aromatic nitrogens is 3. The van der Waals surface area contributed by atoms with Gasteiger partial charge in [-0.25, -0.2) is 9.48 Å². The first kappa shape index (κ1) is 16.1. The Kier molecular flexibility index (Phi) is 4.86. The Balaban J connectivity index is 3.19. The van der Waals surface area contributed by atoms with Crippen molar-refractivity contribution in [2.24, 2.45) is 0 Å². The van der Waals surface area contributed by atoms with Crippen LogP contribution in [0.2, 0.25) is 0 Å². The number of rotatable bonds is 5. The molecule has 1 amide bonds. The predicted molar refractivity (Wildman–Crippen MR) is 73.7 cm³/mol. The standard InChI is InChI=1S/C13H22N4O3/c1-6-7-14-11(18)8(2)17-10(13(3,4)5)9(12(19)20)15-16-17/h8H,6-7H2,1-5H3,(H,14,18)(H,19,20). The molecule has 2 N–H and O–H groups in total. The minimum Gasteiger partial charge on any atom is -0.476 e. The van der Waals surface area contributed by atoms with E-state index in [2.05, 4.69) is 15.6 Å². The van der Waals surface area contributed by atoms with Crippen LogP contribution in [0.4, 0.5) is 0 Å². The van der Waals surface area contributed by atoms with E-state index in [9.17, 15) is 14.7 Å². The summed E-state index contributed by atoms with van der Waals surface area (Å²) in [6, 6.07) is -0.601. The van der Waals surface area contributed by atoms with Crippen LogP contribution in [0.5, 0.6) is 0 Å². The van der Waals surface area contributed by atoms with Crippen LogP contribution in [-0.2, 0) is 10.2 Å². The van der Waals surface area contributed by atoms with E-state index in [1.165, 1.54) is 4.68 Å². The topological polar surface area (TPSA) is 97.1 Å². The Morgan fingerprint density at radius 1 is 1.40 bits per heavy atom. The highest BCUT2D eigenvalue weighted by Gasteiger charge is 2.32. The molecule has 0 fully saturated rings. The number of hydrogen-bond acceptors (Lipinski definition) is 4. The van der Waals surface area contributed by atoms with Crippen molar-refractivity contribution >= 4 is 11.9 Å². The third-order valence-corrected chi connectivity index (χ3v) is 2.90. The SMILES string of the molecule is CCCNC(=O)C(C)n1nnc(C(=O)O)c1C(C)(C)C. The molecule has 1 aromatic rings. The molecule has 0 saturated carbocycles. The van der Waals surface area contributed by atoms with Gasteiger partial charge in [-0.1, -0.05) is 32.9 Å². The van der Waals surface area contributed by atoms with Crippen LogP contribution >= 0.6 is 0 Å². The highest BCUT2D eigenvalue weighted by Crippen LogP contribution is 2.27. The zero-order chi connectivity index (χ0) is 15.5. The van der Waals surface area contributed by atoms with Gasteiger partial charge < -0.3 is 10.4 Å². The van der Waals surface area contributed by atoms with E-state index < -0.39 is 17.4 Å². The second-order valence-electron chi connectivity index (χ2n) is 5.75. The first-order chi connectivity index (χ1) is 9.20. The van der Waals surface area contributed by atoms with E-state index in [0.29, 0.717) is 12.2 Å². The number of carboxylic acids is 1. The Morgan fingerprint density at radius 2 is 2.00 bits per heavy atom. The van der Waals surface area contributed by atoms with Gasteiger partial charge in [0.25, 0.3) is 0 Å². The lowest BCUT2D eigenvalue weighted by atomic mass is 9.90. The second kappa shape index (κ2) is 6.02. The smallest absolute Gasteiger partial charge is 0.358 e. The van der Waals surface area contributed by atoms with Crippen molar-refractivity contribution in [1.82, 2.24) is 20.3 Å². The molecule has 0 saturated heterocycles. The lowest BCUT2D eigenvalue weighted by molar-refractivity contribution is -0.124. The molecule has 1 rings (SSSR count). The molecule has 20 heavy (non-hydrogen) atoms. The number of carboxylic acid groups (broad SMARTS) is 1. The number of carbonyl (C=O) groups is 2. The third-order valence-electron chi connectivity index (χ3n) is 2.90. The van der Waals surface area contributed by atoms with Gasteiger partial charge in [-0.15, -0.1) is 5.10 Å². The summed E-state index contributed by atoms with van der Waals surface area (Å²) in [6.07, 6.45) is 0.836. The summed E-state index contributed by atoms with van der Waals surface area (Å²) in [5.74, 6) is -1.33. The highest BCUT2D eigenvalue weighted by atomic mass is 16.4. The van der Waals surface area contributed by atoms with E-state index in [1.807, 2.05) is 27.7 Å². The zero-order valence-corrected chi connectivity index (χ0v) is 12.6. The summed E-state index contributed by atoms with van der Waals surface area (Å²) < 4.78 is 1.40. The quantitative estimate of drug-likeness (QED) is 0.850. The van der Waals surface area contributed by atoms with E-state index in [4.69, 9.17) is 0 Å². The molecule has 0 spiro atoms. The van der Waals surface area contributed by atoms with E-state index >= 15 is 0 Å². The van der Waals surface area contributed by atoms with Gasteiger partial charge in [0.15, 0.2) is 5.69 Å². The van der Waals surface area contributed by atoms with Crippen molar-refractivity contribution in [1.29, 1.82) is 0 Å². The average Bonchev–Trinajstić information content (AvgIpc) is 2.79. The Morgan fingerprint density at radius 3 is 2.45 bits per heavy atom. The van der Waals surface area contributed by atoms with Gasteiger partial charge in [0, 0.05) is 12.0 Å². The van der Waals surface area contributed by atoms with Gasteiger partial charge in [-0.2, -0.15) is 0 Å². The van der Waals surface area contributed by atoms with Crippen molar-refractivity contribution in [3.63, 3.8) is 0 Å². The number of amides is 1. The largest absolute Gasteiger partial charge is 0.476 e. The monoisotopic (exact) mass is 282 g/mol. The fourth-order valence-electron chi connectivity index (χ4n) is 1.91. The van der Waals surface area contributed by atoms with E-state index in [1.54, 1.807) is 6.92 Å². The van der Waals surface area contributed by atoms with E-state index in [0.717, 1.165) is 6.42 Å². The maximum Gasteiger partial charge on any atom is 0.358 e. The van der Waals surface area contributed by atoms with Crippen molar-refractivity contribution in [2.45, 2.75) is 52.5 Å². The lowest BCUT2D eigenvalue weighted by Crippen LogP contribution is -2.34. The molecule has 7 nitrogen and oxygen atoms in total. The van der Waals surface area contributed by atoms with Crippen LogP contribution in [-0.4, -0.2) is 38.5 Å². The number of nitrogens with zero attached hydrogens (tertiary/aromatic N) is 3. The van der Waals surface area contributed by atoms with Crippen LogP contribution in [0, 0.1) is 0 Å². The fourth-order valence-corrected chi connectivity index (χ4v) is 1.91. The zero-order valence-electron chi connectivity index (χ0n) is 12.6. The molecular weight excluding hydrogens is 260 g/mol. The first-order valence-corrected chi connectivity index (χ1v) is 6.66. The Hall–Kier alpha value is -1.92. The molecule has 1 heterocycles.